The highest BCUT2D eigenvalue weighted by molar-refractivity contribution is 6.30. The fourth-order valence-electron chi connectivity index (χ4n) is 1.19. The molecule has 0 bridgehead atoms. The first kappa shape index (κ1) is 7.45. The highest BCUT2D eigenvalue weighted by atomic mass is 35.5. The van der Waals surface area contributed by atoms with Gasteiger partial charge in [-0.3, -0.25) is 0 Å². The van der Waals surface area contributed by atoms with E-state index < -0.39 is 0 Å². The molecule has 12 heavy (non-hydrogen) atoms. The molecular weight excluding hydrogens is 172 g/mol. The Morgan fingerprint density at radius 3 is 3.00 bits per heavy atom. The van der Waals surface area contributed by atoms with E-state index in [1.54, 1.807) is 0 Å². The quantitative estimate of drug-likeness (QED) is 0.616. The van der Waals surface area contributed by atoms with Crippen LogP contribution in [0.15, 0.2) is 24.3 Å². The minimum absolute atomic E-state index is 0.0588. The second-order valence-corrected chi connectivity index (χ2v) is 3.21. The van der Waals surface area contributed by atoms with Gasteiger partial charge in [0, 0.05) is 10.7 Å². The van der Waals surface area contributed by atoms with Gasteiger partial charge in [0.1, 0.15) is 6.04 Å². The van der Waals surface area contributed by atoms with Crippen molar-refractivity contribution in [2.24, 2.45) is 0 Å². The summed E-state index contributed by atoms with van der Waals surface area (Å²) in [4.78, 5) is 2.01. The Morgan fingerprint density at radius 1 is 1.58 bits per heavy atom. The Morgan fingerprint density at radius 2 is 2.42 bits per heavy atom. The average Bonchev–Trinajstić information content (AvgIpc) is 2.83. The fourth-order valence-corrected chi connectivity index (χ4v) is 1.37. The predicted octanol–water partition coefficient (Wildman–Crippen LogP) is 2.05. The van der Waals surface area contributed by atoms with Crippen molar-refractivity contribution in [1.29, 1.82) is 5.26 Å². The van der Waals surface area contributed by atoms with E-state index in [0.717, 1.165) is 17.3 Å². The Bertz CT molecular complexity index is 343. The van der Waals surface area contributed by atoms with Gasteiger partial charge >= 0.3 is 0 Å². The van der Waals surface area contributed by atoms with Crippen LogP contribution in [0.25, 0.3) is 0 Å². The van der Waals surface area contributed by atoms with Crippen molar-refractivity contribution in [3.63, 3.8) is 0 Å². The Labute approximate surface area is 76.0 Å². The molecule has 2 rings (SSSR count). The van der Waals surface area contributed by atoms with E-state index in [-0.39, 0.29) is 6.04 Å². The van der Waals surface area contributed by atoms with Crippen LogP contribution in [-0.4, -0.2) is 12.6 Å². The summed E-state index contributed by atoms with van der Waals surface area (Å²) < 4.78 is 0. The molecule has 0 N–H and O–H groups in total. The van der Waals surface area contributed by atoms with Crippen LogP contribution in [-0.2, 0) is 0 Å². The molecule has 0 radical (unpaired) electrons. The lowest BCUT2D eigenvalue weighted by atomic mass is 10.3. The maximum atomic E-state index is 8.58. The summed E-state index contributed by atoms with van der Waals surface area (Å²) in [6.45, 7) is 0.830. The minimum Gasteiger partial charge on any atom is -0.351 e. The van der Waals surface area contributed by atoms with Crippen LogP contribution in [0.3, 0.4) is 0 Å². The first-order valence-corrected chi connectivity index (χ1v) is 4.11. The molecule has 1 aromatic rings. The molecule has 0 aromatic heterocycles. The SMILES string of the molecule is N#CC1CN1c1cccc(Cl)c1. The van der Waals surface area contributed by atoms with Crippen molar-refractivity contribution in [3.8, 4) is 6.07 Å². The molecule has 1 fully saturated rings. The Balaban J connectivity index is 2.21. The van der Waals surface area contributed by atoms with E-state index >= 15 is 0 Å². The van der Waals surface area contributed by atoms with Crippen LogP contribution in [0.4, 0.5) is 5.69 Å². The van der Waals surface area contributed by atoms with Gasteiger partial charge in [0.25, 0.3) is 0 Å². The molecule has 0 saturated carbocycles. The van der Waals surface area contributed by atoms with Gasteiger partial charge in [-0.2, -0.15) is 5.26 Å². The zero-order valence-corrected chi connectivity index (χ0v) is 7.12. The van der Waals surface area contributed by atoms with E-state index in [4.69, 9.17) is 16.9 Å². The van der Waals surface area contributed by atoms with E-state index in [1.807, 2.05) is 29.2 Å². The summed E-state index contributed by atoms with van der Waals surface area (Å²) in [5.74, 6) is 0. The second kappa shape index (κ2) is 2.69. The third-order valence-electron chi connectivity index (χ3n) is 1.90. The zero-order chi connectivity index (χ0) is 8.55. The third kappa shape index (κ3) is 1.24. The summed E-state index contributed by atoms with van der Waals surface area (Å²) in [6, 6.07) is 9.81. The molecule has 1 aliphatic heterocycles. The Kier molecular flexibility index (Phi) is 1.67. The lowest BCUT2D eigenvalue weighted by molar-refractivity contribution is 1.26. The number of benzene rings is 1. The molecule has 1 unspecified atom stereocenters. The van der Waals surface area contributed by atoms with Crippen molar-refractivity contribution in [1.82, 2.24) is 0 Å². The number of anilines is 1. The summed E-state index contributed by atoms with van der Waals surface area (Å²) >= 11 is 5.80. The van der Waals surface area contributed by atoms with Gasteiger partial charge in [-0.15, -0.1) is 0 Å². The molecule has 0 amide bonds. The molecule has 1 heterocycles. The second-order valence-electron chi connectivity index (χ2n) is 2.78. The number of rotatable bonds is 1. The molecule has 1 aromatic carbocycles. The Hall–Kier alpha value is -1.20. The monoisotopic (exact) mass is 178 g/mol. The predicted molar refractivity (Wildman–Crippen MR) is 48.2 cm³/mol. The van der Waals surface area contributed by atoms with Gasteiger partial charge in [-0.1, -0.05) is 17.7 Å². The number of hydrogen-bond acceptors (Lipinski definition) is 2. The van der Waals surface area contributed by atoms with Crippen LogP contribution in [0.5, 0.6) is 0 Å². The average molecular weight is 179 g/mol. The molecule has 60 valence electrons. The smallest absolute Gasteiger partial charge is 0.134 e. The number of nitriles is 1. The highest BCUT2D eigenvalue weighted by Crippen LogP contribution is 2.28. The summed E-state index contributed by atoms with van der Waals surface area (Å²) in [5, 5.41) is 9.30. The summed E-state index contributed by atoms with van der Waals surface area (Å²) in [6.07, 6.45) is 0. The van der Waals surface area contributed by atoms with E-state index in [0.29, 0.717) is 0 Å². The maximum Gasteiger partial charge on any atom is 0.134 e. The molecule has 2 nitrogen and oxygen atoms in total. The number of hydrogen-bond donors (Lipinski definition) is 0. The first-order chi connectivity index (χ1) is 5.81. The topological polar surface area (TPSA) is 26.8 Å². The van der Waals surface area contributed by atoms with E-state index in [9.17, 15) is 0 Å². The molecule has 1 aliphatic rings. The van der Waals surface area contributed by atoms with Crippen LogP contribution in [0, 0.1) is 11.3 Å². The van der Waals surface area contributed by atoms with Gasteiger partial charge in [-0.05, 0) is 18.2 Å². The largest absolute Gasteiger partial charge is 0.351 e. The van der Waals surface area contributed by atoms with Crippen LogP contribution in [0.2, 0.25) is 5.02 Å². The number of nitrogens with zero attached hydrogens (tertiary/aromatic N) is 2. The third-order valence-corrected chi connectivity index (χ3v) is 2.14. The summed E-state index contributed by atoms with van der Waals surface area (Å²) in [5.41, 5.74) is 1.04. The van der Waals surface area contributed by atoms with Crippen LogP contribution >= 0.6 is 11.6 Å². The van der Waals surface area contributed by atoms with Crippen molar-refractivity contribution < 1.29 is 0 Å². The molecule has 1 atom stereocenters. The lowest BCUT2D eigenvalue weighted by Crippen LogP contribution is -1.95. The molecule has 0 spiro atoms. The van der Waals surface area contributed by atoms with E-state index in [1.165, 1.54) is 0 Å². The minimum atomic E-state index is 0.0588. The van der Waals surface area contributed by atoms with Gasteiger partial charge in [0.2, 0.25) is 0 Å². The van der Waals surface area contributed by atoms with Gasteiger partial charge < -0.3 is 4.90 Å². The van der Waals surface area contributed by atoms with E-state index in [2.05, 4.69) is 6.07 Å². The lowest BCUT2D eigenvalue weighted by Gasteiger charge is -2.01. The first-order valence-electron chi connectivity index (χ1n) is 3.73. The van der Waals surface area contributed by atoms with Crippen molar-refractivity contribution in [2.45, 2.75) is 6.04 Å². The highest BCUT2D eigenvalue weighted by Gasteiger charge is 2.33. The zero-order valence-electron chi connectivity index (χ0n) is 6.37. The molecule has 0 aliphatic carbocycles. The molecular formula is C9H7ClN2. The van der Waals surface area contributed by atoms with Crippen molar-refractivity contribution in [2.75, 3.05) is 11.4 Å². The van der Waals surface area contributed by atoms with Crippen LogP contribution in [0.1, 0.15) is 0 Å². The van der Waals surface area contributed by atoms with Gasteiger partial charge in [0.15, 0.2) is 0 Å². The molecule has 1 saturated heterocycles. The standard InChI is InChI=1S/C9H7ClN2/c10-7-2-1-3-8(4-7)12-6-9(12)5-11/h1-4,9H,6H2. The molecule has 3 heteroatoms. The number of halogens is 1. The fraction of sp³-hybridized carbons (Fsp3) is 0.222. The van der Waals surface area contributed by atoms with Gasteiger partial charge in [-0.25, -0.2) is 0 Å². The summed E-state index contributed by atoms with van der Waals surface area (Å²) in [7, 11) is 0. The van der Waals surface area contributed by atoms with Crippen molar-refractivity contribution in [3.05, 3.63) is 29.3 Å². The van der Waals surface area contributed by atoms with Crippen molar-refractivity contribution >= 4 is 17.3 Å². The van der Waals surface area contributed by atoms with Gasteiger partial charge in [0.05, 0.1) is 12.6 Å². The maximum absolute atomic E-state index is 8.58. The normalized spacial score (nSPS) is 20.3. The van der Waals surface area contributed by atoms with Crippen LogP contribution < -0.4 is 4.90 Å².